The predicted molar refractivity (Wildman–Crippen MR) is 81.7 cm³/mol. The molecule has 2 unspecified atom stereocenters. The van der Waals surface area contributed by atoms with E-state index in [2.05, 4.69) is 10.2 Å². The number of hydrogen-bond acceptors (Lipinski definition) is 2. The van der Waals surface area contributed by atoms with Crippen LogP contribution < -0.4 is 5.32 Å². The van der Waals surface area contributed by atoms with Crippen LogP contribution in [-0.4, -0.2) is 37.0 Å². The van der Waals surface area contributed by atoms with Crippen LogP contribution in [-0.2, 0) is 4.79 Å². The van der Waals surface area contributed by atoms with Crippen molar-refractivity contribution in [2.24, 2.45) is 35.0 Å². The Morgan fingerprint density at radius 3 is 2.24 bits per heavy atom. The Morgan fingerprint density at radius 2 is 1.57 bits per heavy atom. The van der Waals surface area contributed by atoms with Crippen molar-refractivity contribution in [3.05, 3.63) is 0 Å². The molecule has 6 rings (SSSR count). The van der Waals surface area contributed by atoms with Crippen molar-refractivity contribution in [2.75, 3.05) is 26.2 Å². The molecule has 3 heteroatoms. The minimum Gasteiger partial charge on any atom is -0.342 e. The fourth-order valence-corrected chi connectivity index (χ4v) is 6.93. The van der Waals surface area contributed by atoms with E-state index < -0.39 is 0 Å². The first-order valence-electron chi connectivity index (χ1n) is 9.22. The zero-order valence-corrected chi connectivity index (χ0v) is 13.0. The van der Waals surface area contributed by atoms with Gasteiger partial charge in [0.15, 0.2) is 0 Å². The molecule has 6 fully saturated rings. The molecular weight excluding hydrogens is 260 g/mol. The van der Waals surface area contributed by atoms with Crippen molar-refractivity contribution in [3.63, 3.8) is 0 Å². The second-order valence-electron chi connectivity index (χ2n) is 8.92. The SMILES string of the molecule is O=C(N1CCC2CNCC2C1)C12CC3CC(CC(C3)C1)C2. The van der Waals surface area contributed by atoms with Crippen LogP contribution in [0, 0.1) is 35.0 Å². The van der Waals surface area contributed by atoms with Crippen LogP contribution in [0.4, 0.5) is 0 Å². The summed E-state index contributed by atoms with van der Waals surface area (Å²) < 4.78 is 0. The molecule has 0 aromatic heterocycles. The molecule has 3 nitrogen and oxygen atoms in total. The number of rotatable bonds is 1. The lowest BCUT2D eigenvalue weighted by molar-refractivity contribution is -0.159. The molecule has 2 heterocycles. The van der Waals surface area contributed by atoms with Gasteiger partial charge in [-0.05, 0) is 87.6 Å². The molecule has 2 atom stereocenters. The van der Waals surface area contributed by atoms with Crippen molar-refractivity contribution in [1.29, 1.82) is 0 Å². The molecule has 116 valence electrons. The molecule has 0 aromatic rings. The highest BCUT2D eigenvalue weighted by atomic mass is 16.2. The Morgan fingerprint density at radius 1 is 0.952 bits per heavy atom. The molecule has 0 aromatic carbocycles. The highest BCUT2D eigenvalue weighted by Gasteiger charge is 2.56. The molecule has 4 saturated carbocycles. The van der Waals surface area contributed by atoms with Crippen LogP contribution in [0.15, 0.2) is 0 Å². The van der Waals surface area contributed by atoms with E-state index in [-0.39, 0.29) is 5.41 Å². The van der Waals surface area contributed by atoms with E-state index in [0.29, 0.717) is 5.91 Å². The van der Waals surface area contributed by atoms with E-state index in [9.17, 15) is 4.79 Å². The molecular formula is C18H28N2O. The summed E-state index contributed by atoms with van der Waals surface area (Å²) in [5, 5.41) is 3.52. The molecule has 1 amide bonds. The number of hydrogen-bond donors (Lipinski definition) is 1. The van der Waals surface area contributed by atoms with Crippen LogP contribution in [0.5, 0.6) is 0 Å². The third-order valence-electron chi connectivity index (χ3n) is 7.48. The zero-order valence-electron chi connectivity index (χ0n) is 13.0. The molecule has 0 radical (unpaired) electrons. The number of fused-ring (bicyclic) bond motifs is 1. The average molecular weight is 288 g/mol. The van der Waals surface area contributed by atoms with Gasteiger partial charge in [-0.25, -0.2) is 0 Å². The fraction of sp³-hybridized carbons (Fsp3) is 0.944. The van der Waals surface area contributed by atoms with Gasteiger partial charge in [0.05, 0.1) is 5.41 Å². The number of nitrogens with one attached hydrogen (secondary N) is 1. The van der Waals surface area contributed by atoms with Gasteiger partial charge < -0.3 is 10.2 Å². The molecule has 6 aliphatic rings. The van der Waals surface area contributed by atoms with E-state index in [4.69, 9.17) is 0 Å². The monoisotopic (exact) mass is 288 g/mol. The summed E-state index contributed by atoms with van der Waals surface area (Å²) in [5.41, 5.74) is 0.0770. The Bertz CT molecular complexity index is 425. The Balaban J connectivity index is 1.36. The molecule has 21 heavy (non-hydrogen) atoms. The van der Waals surface area contributed by atoms with Gasteiger partial charge in [0.2, 0.25) is 5.91 Å². The van der Waals surface area contributed by atoms with Crippen molar-refractivity contribution >= 4 is 5.91 Å². The van der Waals surface area contributed by atoms with Crippen molar-refractivity contribution < 1.29 is 4.79 Å². The molecule has 1 N–H and O–H groups in total. The summed E-state index contributed by atoms with van der Waals surface area (Å²) in [5.74, 6) is 4.77. The lowest BCUT2D eigenvalue weighted by atomic mass is 9.49. The average Bonchev–Trinajstić information content (AvgIpc) is 2.92. The smallest absolute Gasteiger partial charge is 0.228 e. The highest BCUT2D eigenvalue weighted by molar-refractivity contribution is 5.83. The van der Waals surface area contributed by atoms with Gasteiger partial charge in [-0.1, -0.05) is 0 Å². The minimum atomic E-state index is 0.0770. The third kappa shape index (κ3) is 1.92. The van der Waals surface area contributed by atoms with E-state index >= 15 is 0 Å². The van der Waals surface area contributed by atoms with Crippen LogP contribution in [0.25, 0.3) is 0 Å². The maximum Gasteiger partial charge on any atom is 0.228 e. The van der Waals surface area contributed by atoms with E-state index in [1.165, 1.54) is 51.5 Å². The Hall–Kier alpha value is -0.570. The third-order valence-corrected chi connectivity index (χ3v) is 7.48. The highest BCUT2D eigenvalue weighted by Crippen LogP contribution is 2.60. The van der Waals surface area contributed by atoms with Gasteiger partial charge in [0.25, 0.3) is 0 Å². The lowest BCUT2D eigenvalue weighted by Gasteiger charge is -2.57. The number of amides is 1. The summed E-state index contributed by atoms with van der Waals surface area (Å²) in [6.45, 7) is 4.39. The quantitative estimate of drug-likeness (QED) is 0.803. The zero-order chi connectivity index (χ0) is 14.0. The van der Waals surface area contributed by atoms with Crippen LogP contribution in [0.2, 0.25) is 0 Å². The van der Waals surface area contributed by atoms with E-state index in [1.807, 2.05) is 0 Å². The molecule has 2 aliphatic heterocycles. The van der Waals surface area contributed by atoms with E-state index in [1.54, 1.807) is 0 Å². The van der Waals surface area contributed by atoms with Gasteiger partial charge in [0.1, 0.15) is 0 Å². The van der Waals surface area contributed by atoms with Crippen molar-refractivity contribution in [3.8, 4) is 0 Å². The van der Waals surface area contributed by atoms with Crippen molar-refractivity contribution in [1.82, 2.24) is 10.2 Å². The lowest BCUT2D eigenvalue weighted by Crippen LogP contribution is -2.56. The van der Waals surface area contributed by atoms with Crippen LogP contribution in [0.3, 0.4) is 0 Å². The topological polar surface area (TPSA) is 32.3 Å². The maximum absolute atomic E-state index is 13.3. The number of carbonyl (C=O) groups excluding carboxylic acids is 1. The summed E-state index contributed by atoms with van der Waals surface area (Å²) in [7, 11) is 0. The number of piperidine rings is 1. The first-order chi connectivity index (χ1) is 10.2. The predicted octanol–water partition coefficient (Wildman–Crippen LogP) is 2.27. The summed E-state index contributed by atoms with van der Waals surface area (Å²) in [4.78, 5) is 15.6. The number of nitrogens with zero attached hydrogens (tertiary/aromatic N) is 1. The van der Waals surface area contributed by atoms with Gasteiger partial charge >= 0.3 is 0 Å². The Kier molecular flexibility index (Phi) is 2.75. The van der Waals surface area contributed by atoms with Crippen LogP contribution in [0.1, 0.15) is 44.9 Å². The van der Waals surface area contributed by atoms with Gasteiger partial charge in [-0.2, -0.15) is 0 Å². The van der Waals surface area contributed by atoms with Gasteiger partial charge in [-0.15, -0.1) is 0 Å². The van der Waals surface area contributed by atoms with Gasteiger partial charge in [0, 0.05) is 13.1 Å². The standard InChI is InChI=1S/C18H28N2O/c21-17(20-2-1-15-9-19-10-16(15)11-20)18-6-12-3-13(7-18)5-14(4-12)8-18/h12-16,19H,1-11H2. The van der Waals surface area contributed by atoms with Crippen LogP contribution >= 0.6 is 0 Å². The minimum absolute atomic E-state index is 0.0770. The number of likely N-dealkylation sites (tertiary alicyclic amines) is 1. The summed E-state index contributed by atoms with van der Waals surface area (Å²) in [6.07, 6.45) is 9.20. The molecule has 0 spiro atoms. The Labute approximate surface area is 127 Å². The summed E-state index contributed by atoms with van der Waals surface area (Å²) in [6, 6.07) is 0. The number of carbonyl (C=O) groups is 1. The maximum atomic E-state index is 13.3. The fourth-order valence-electron chi connectivity index (χ4n) is 6.93. The first kappa shape index (κ1) is 12.9. The largest absolute Gasteiger partial charge is 0.342 e. The first-order valence-corrected chi connectivity index (χ1v) is 9.22. The molecule has 2 saturated heterocycles. The van der Waals surface area contributed by atoms with Crippen molar-refractivity contribution in [2.45, 2.75) is 44.9 Å². The molecule has 4 bridgehead atoms. The normalized spacial score (nSPS) is 51.2. The van der Waals surface area contributed by atoms with E-state index in [0.717, 1.165) is 49.2 Å². The summed E-state index contributed by atoms with van der Waals surface area (Å²) >= 11 is 0. The second kappa shape index (κ2) is 4.47. The molecule has 4 aliphatic carbocycles. The van der Waals surface area contributed by atoms with Gasteiger partial charge in [-0.3, -0.25) is 4.79 Å². The second-order valence-corrected chi connectivity index (χ2v) is 8.92.